The van der Waals surface area contributed by atoms with Gasteiger partial charge in [-0.3, -0.25) is 9.59 Å². The lowest BCUT2D eigenvalue weighted by Crippen LogP contribution is -2.34. The minimum Gasteiger partial charge on any atom is -0.444 e. The fraction of sp³-hybridized carbons (Fsp3) is 0.500. The van der Waals surface area contributed by atoms with Gasteiger partial charge in [0.25, 0.3) is 5.91 Å². The summed E-state index contributed by atoms with van der Waals surface area (Å²) in [5, 5.41) is 6.78. The Balaban J connectivity index is 2.23. The van der Waals surface area contributed by atoms with Crippen LogP contribution in [0.25, 0.3) is 0 Å². The van der Waals surface area contributed by atoms with Crippen molar-refractivity contribution in [1.82, 2.24) is 10.6 Å². The highest BCUT2D eigenvalue weighted by atomic mass is 19.4. The summed E-state index contributed by atoms with van der Waals surface area (Å²) in [7, 11) is 0. The SMILES string of the molecule is CC(C)(C)OC(=O)NCCOCCNC(=O)c1ccc(NC(=O)C(F)(F)F)cc1. The second-order valence-electron chi connectivity index (χ2n) is 6.83. The van der Waals surface area contributed by atoms with Crippen LogP contribution in [-0.4, -0.2) is 56.0 Å². The van der Waals surface area contributed by atoms with Gasteiger partial charge < -0.3 is 25.4 Å². The molecule has 0 aliphatic rings. The summed E-state index contributed by atoms with van der Waals surface area (Å²) in [6.45, 7) is 6.10. The number of ether oxygens (including phenoxy) is 2. The van der Waals surface area contributed by atoms with Gasteiger partial charge in [0.05, 0.1) is 13.2 Å². The molecular weight excluding hydrogens is 395 g/mol. The molecule has 1 aromatic rings. The Morgan fingerprint density at radius 3 is 2.00 bits per heavy atom. The monoisotopic (exact) mass is 419 g/mol. The fourth-order valence-electron chi connectivity index (χ4n) is 1.89. The average Bonchev–Trinajstić information content (AvgIpc) is 2.59. The smallest absolute Gasteiger partial charge is 0.444 e. The topological polar surface area (TPSA) is 106 Å². The van der Waals surface area contributed by atoms with Crippen molar-refractivity contribution in [3.8, 4) is 0 Å². The van der Waals surface area contributed by atoms with Gasteiger partial charge in [-0.2, -0.15) is 13.2 Å². The number of anilines is 1. The molecule has 0 saturated heterocycles. The number of rotatable bonds is 8. The zero-order valence-corrected chi connectivity index (χ0v) is 16.3. The summed E-state index contributed by atoms with van der Waals surface area (Å²) < 4.78 is 46.9. The highest BCUT2D eigenvalue weighted by Crippen LogP contribution is 2.18. The number of nitrogens with one attached hydrogen (secondary N) is 3. The van der Waals surface area contributed by atoms with Crippen LogP contribution >= 0.6 is 0 Å². The molecule has 0 bridgehead atoms. The van der Waals surface area contributed by atoms with E-state index in [1.807, 2.05) is 0 Å². The molecule has 1 aromatic carbocycles. The maximum absolute atomic E-state index is 12.2. The summed E-state index contributed by atoms with van der Waals surface area (Å²) in [5.41, 5.74) is -0.455. The van der Waals surface area contributed by atoms with Gasteiger partial charge in [-0.05, 0) is 45.0 Å². The second-order valence-corrected chi connectivity index (χ2v) is 6.83. The molecule has 3 N–H and O–H groups in total. The van der Waals surface area contributed by atoms with Crippen molar-refractivity contribution in [3.05, 3.63) is 29.8 Å². The lowest BCUT2D eigenvalue weighted by Gasteiger charge is -2.19. The van der Waals surface area contributed by atoms with E-state index in [0.29, 0.717) is 0 Å². The first kappa shape index (κ1) is 24.2. The molecule has 0 atom stereocenters. The van der Waals surface area contributed by atoms with E-state index in [0.717, 1.165) is 0 Å². The second kappa shape index (κ2) is 10.6. The fourth-order valence-corrected chi connectivity index (χ4v) is 1.89. The number of alkyl halides is 3. The first-order valence-corrected chi connectivity index (χ1v) is 8.69. The highest BCUT2D eigenvalue weighted by Gasteiger charge is 2.38. The first-order valence-electron chi connectivity index (χ1n) is 8.69. The molecule has 0 aliphatic carbocycles. The van der Waals surface area contributed by atoms with E-state index in [1.165, 1.54) is 24.3 Å². The van der Waals surface area contributed by atoms with Crippen LogP contribution in [0, 0.1) is 0 Å². The molecule has 0 aromatic heterocycles. The standard InChI is InChI=1S/C18H24F3N3O5/c1-17(2,3)29-16(27)23-9-11-28-10-8-22-14(25)12-4-6-13(7-5-12)24-15(26)18(19,20)21/h4-7H,8-11H2,1-3H3,(H,22,25)(H,23,27)(H,24,26). The van der Waals surface area contributed by atoms with Gasteiger partial charge in [0, 0.05) is 24.3 Å². The third kappa shape index (κ3) is 10.3. The lowest BCUT2D eigenvalue weighted by atomic mass is 10.2. The Morgan fingerprint density at radius 1 is 0.931 bits per heavy atom. The molecule has 162 valence electrons. The predicted octanol–water partition coefficient (Wildman–Crippen LogP) is 2.46. The van der Waals surface area contributed by atoms with E-state index in [2.05, 4.69) is 10.6 Å². The minimum absolute atomic E-state index is 0.0790. The maximum atomic E-state index is 12.2. The highest BCUT2D eigenvalue weighted by molar-refractivity contribution is 5.97. The van der Waals surface area contributed by atoms with Crippen molar-refractivity contribution in [2.75, 3.05) is 31.6 Å². The van der Waals surface area contributed by atoms with Gasteiger partial charge in [-0.15, -0.1) is 0 Å². The van der Waals surface area contributed by atoms with Crippen LogP contribution < -0.4 is 16.0 Å². The van der Waals surface area contributed by atoms with Crippen LogP contribution in [0.3, 0.4) is 0 Å². The zero-order chi connectivity index (χ0) is 22.1. The van der Waals surface area contributed by atoms with Crippen molar-refractivity contribution in [2.24, 2.45) is 0 Å². The maximum Gasteiger partial charge on any atom is 0.471 e. The molecule has 3 amide bonds. The third-order valence-electron chi connectivity index (χ3n) is 3.11. The molecule has 0 spiro atoms. The zero-order valence-electron chi connectivity index (χ0n) is 16.3. The molecule has 0 radical (unpaired) electrons. The van der Waals surface area contributed by atoms with Crippen molar-refractivity contribution in [3.63, 3.8) is 0 Å². The van der Waals surface area contributed by atoms with E-state index in [4.69, 9.17) is 9.47 Å². The minimum atomic E-state index is -4.99. The quantitative estimate of drug-likeness (QED) is 0.562. The summed E-state index contributed by atoms with van der Waals surface area (Å²) in [4.78, 5) is 34.2. The summed E-state index contributed by atoms with van der Waals surface area (Å²) in [5.74, 6) is -2.54. The number of alkyl carbamates (subject to hydrolysis) is 1. The van der Waals surface area contributed by atoms with Crippen LogP contribution in [0.2, 0.25) is 0 Å². The summed E-state index contributed by atoms with van der Waals surface area (Å²) in [6, 6.07) is 4.95. The Bertz CT molecular complexity index is 700. The average molecular weight is 419 g/mol. The molecular formula is C18H24F3N3O5. The number of halogens is 3. The molecule has 0 saturated carbocycles. The number of hydrogen-bond donors (Lipinski definition) is 3. The van der Waals surface area contributed by atoms with E-state index < -0.39 is 29.7 Å². The van der Waals surface area contributed by atoms with Crippen molar-refractivity contribution in [2.45, 2.75) is 32.5 Å². The van der Waals surface area contributed by atoms with Gasteiger partial charge in [-0.25, -0.2) is 4.79 Å². The normalized spacial score (nSPS) is 11.5. The predicted molar refractivity (Wildman–Crippen MR) is 98.5 cm³/mol. The molecule has 0 unspecified atom stereocenters. The van der Waals surface area contributed by atoms with Gasteiger partial charge in [0.1, 0.15) is 5.60 Å². The Labute approximate surface area is 166 Å². The van der Waals surface area contributed by atoms with E-state index in [9.17, 15) is 27.6 Å². The largest absolute Gasteiger partial charge is 0.471 e. The van der Waals surface area contributed by atoms with Gasteiger partial charge >= 0.3 is 18.2 Å². The van der Waals surface area contributed by atoms with Crippen LogP contribution in [-0.2, 0) is 14.3 Å². The van der Waals surface area contributed by atoms with Crippen LogP contribution in [0.15, 0.2) is 24.3 Å². The van der Waals surface area contributed by atoms with Crippen molar-refractivity contribution >= 4 is 23.6 Å². The van der Waals surface area contributed by atoms with Gasteiger partial charge in [0.2, 0.25) is 0 Å². The number of carbonyl (C=O) groups is 3. The van der Waals surface area contributed by atoms with Gasteiger partial charge in [0.15, 0.2) is 0 Å². The van der Waals surface area contributed by atoms with Crippen LogP contribution in [0.1, 0.15) is 31.1 Å². The number of benzene rings is 1. The number of hydrogen-bond acceptors (Lipinski definition) is 5. The molecule has 0 heterocycles. The molecule has 11 heteroatoms. The Hall–Kier alpha value is -2.82. The molecule has 8 nitrogen and oxygen atoms in total. The molecule has 29 heavy (non-hydrogen) atoms. The van der Waals surface area contributed by atoms with Gasteiger partial charge in [-0.1, -0.05) is 0 Å². The van der Waals surface area contributed by atoms with E-state index in [1.54, 1.807) is 26.1 Å². The number of carbonyl (C=O) groups excluding carboxylic acids is 3. The van der Waals surface area contributed by atoms with Crippen molar-refractivity contribution in [1.29, 1.82) is 0 Å². The van der Waals surface area contributed by atoms with E-state index >= 15 is 0 Å². The lowest BCUT2D eigenvalue weighted by molar-refractivity contribution is -0.167. The third-order valence-corrected chi connectivity index (χ3v) is 3.11. The Kier molecular flexibility index (Phi) is 8.89. The van der Waals surface area contributed by atoms with Crippen LogP contribution in [0.4, 0.5) is 23.7 Å². The summed E-state index contributed by atoms with van der Waals surface area (Å²) >= 11 is 0. The van der Waals surface area contributed by atoms with E-state index in [-0.39, 0.29) is 37.6 Å². The summed E-state index contributed by atoms with van der Waals surface area (Å²) in [6.07, 6.45) is -5.54. The first-order chi connectivity index (χ1) is 13.4. The number of amides is 3. The Morgan fingerprint density at radius 2 is 1.48 bits per heavy atom. The molecule has 0 aliphatic heterocycles. The van der Waals surface area contributed by atoms with Crippen molar-refractivity contribution < 1.29 is 37.0 Å². The molecule has 1 rings (SSSR count). The molecule has 0 fully saturated rings. The van der Waals surface area contributed by atoms with Crippen LogP contribution in [0.5, 0.6) is 0 Å².